The first-order valence-corrected chi connectivity index (χ1v) is 13.1. The topological polar surface area (TPSA) is 113 Å². The van der Waals surface area contributed by atoms with Gasteiger partial charge in [0.15, 0.2) is 0 Å². The minimum atomic E-state index is -0.947. The summed E-state index contributed by atoms with van der Waals surface area (Å²) >= 11 is 1.65. The summed E-state index contributed by atoms with van der Waals surface area (Å²) in [5, 5.41) is 5.46. The van der Waals surface area contributed by atoms with Crippen LogP contribution in [0.2, 0.25) is 0 Å². The molecule has 1 N–H and O–H groups in total. The summed E-state index contributed by atoms with van der Waals surface area (Å²) in [6.07, 6.45) is 2.25. The van der Waals surface area contributed by atoms with E-state index in [9.17, 15) is 19.2 Å². The Morgan fingerprint density at radius 1 is 1.00 bits per heavy atom. The Labute approximate surface area is 211 Å². The highest BCUT2D eigenvalue weighted by molar-refractivity contribution is 7.16. The molecule has 1 aromatic carbocycles. The Morgan fingerprint density at radius 2 is 1.78 bits per heavy atom. The Morgan fingerprint density at radius 3 is 2.56 bits per heavy atom. The van der Waals surface area contributed by atoms with Gasteiger partial charge >= 0.3 is 0 Å². The van der Waals surface area contributed by atoms with Crippen LogP contribution >= 0.6 is 11.3 Å². The molecule has 184 valence electrons. The van der Waals surface area contributed by atoms with E-state index in [-0.39, 0.29) is 18.7 Å². The molecule has 6 rings (SSSR count). The normalized spacial score (nSPS) is 21.4. The van der Waals surface area contributed by atoms with Gasteiger partial charge in [0.1, 0.15) is 16.7 Å². The van der Waals surface area contributed by atoms with Crippen LogP contribution in [0, 0.1) is 6.92 Å². The molecule has 2 fully saturated rings. The molecular formula is C26H25N5O4S. The molecule has 1 atom stereocenters. The molecule has 9 nitrogen and oxygen atoms in total. The second-order valence-electron chi connectivity index (χ2n) is 9.67. The lowest BCUT2D eigenvalue weighted by Crippen LogP contribution is -2.54. The van der Waals surface area contributed by atoms with Crippen molar-refractivity contribution in [3.05, 3.63) is 57.9 Å². The monoisotopic (exact) mass is 503 g/mol. The number of hydrogen-bond donors (Lipinski definition) is 1. The number of likely N-dealkylation sites (tertiary alicyclic amines) is 1. The molecule has 3 aromatic rings. The fourth-order valence-electron chi connectivity index (χ4n) is 5.54. The zero-order valence-corrected chi connectivity index (χ0v) is 20.6. The van der Waals surface area contributed by atoms with Crippen LogP contribution in [0.1, 0.15) is 69.4 Å². The van der Waals surface area contributed by atoms with Crippen LogP contribution in [0.3, 0.4) is 0 Å². The van der Waals surface area contributed by atoms with Crippen molar-refractivity contribution in [2.75, 3.05) is 13.1 Å². The fraction of sp³-hybridized carbons (Fsp3) is 0.385. The number of imide groups is 2. The number of amides is 4. The second-order valence-corrected chi connectivity index (χ2v) is 10.6. The molecule has 3 aliphatic heterocycles. The molecule has 0 spiro atoms. The van der Waals surface area contributed by atoms with Crippen molar-refractivity contribution < 1.29 is 19.2 Å². The van der Waals surface area contributed by atoms with E-state index in [1.165, 1.54) is 0 Å². The zero-order chi connectivity index (χ0) is 25.0. The first-order valence-electron chi connectivity index (χ1n) is 12.2. The highest BCUT2D eigenvalue weighted by Gasteiger charge is 2.44. The number of nitrogens with one attached hydrogen (secondary N) is 1. The predicted molar refractivity (Wildman–Crippen MR) is 133 cm³/mol. The fourth-order valence-corrected chi connectivity index (χ4v) is 6.36. The third-order valence-corrected chi connectivity index (χ3v) is 8.16. The quantitative estimate of drug-likeness (QED) is 0.545. The number of thiophene rings is 1. The van der Waals surface area contributed by atoms with Gasteiger partial charge in [-0.25, -0.2) is 9.97 Å². The first kappa shape index (κ1) is 22.9. The van der Waals surface area contributed by atoms with Crippen LogP contribution < -0.4 is 5.32 Å². The van der Waals surface area contributed by atoms with Crippen LogP contribution in [-0.2, 0) is 16.1 Å². The summed E-state index contributed by atoms with van der Waals surface area (Å²) in [4.78, 5) is 63.5. The number of carbonyl (C=O) groups excluding carboxylic acids is 4. The standard InChI is InChI=1S/C26H25N5O4S/c1-14-27-22(18-8-11-36-24(18)28-14)16-6-9-30(10-7-16)13-15-2-3-17-19(12-15)26(35)31(25(17)34)20-4-5-21(32)29-23(20)33/h2-3,8,11-12,16,20H,4-7,9-10,13H2,1H3,(H,29,32,33). The number of rotatable bonds is 4. The maximum Gasteiger partial charge on any atom is 0.262 e. The third kappa shape index (κ3) is 3.90. The van der Waals surface area contributed by atoms with Crippen LogP contribution in [0.25, 0.3) is 10.2 Å². The molecule has 2 saturated heterocycles. The van der Waals surface area contributed by atoms with Crippen molar-refractivity contribution in [1.29, 1.82) is 0 Å². The van der Waals surface area contributed by atoms with Crippen molar-refractivity contribution in [3.63, 3.8) is 0 Å². The summed E-state index contributed by atoms with van der Waals surface area (Å²) in [5.74, 6) is -0.718. The van der Waals surface area contributed by atoms with Crippen molar-refractivity contribution in [1.82, 2.24) is 25.1 Å². The van der Waals surface area contributed by atoms with Crippen LogP contribution in [-0.4, -0.2) is 62.5 Å². The number of fused-ring (bicyclic) bond motifs is 2. The molecular weight excluding hydrogens is 478 g/mol. The maximum atomic E-state index is 13.1. The van der Waals surface area contributed by atoms with Crippen LogP contribution in [0.15, 0.2) is 29.6 Å². The summed E-state index contributed by atoms with van der Waals surface area (Å²) in [6, 6.07) is 6.50. The second kappa shape index (κ2) is 8.86. The minimum Gasteiger partial charge on any atom is -0.299 e. The molecule has 0 bridgehead atoms. The Hall–Kier alpha value is -3.50. The molecule has 10 heteroatoms. The third-order valence-electron chi connectivity index (χ3n) is 7.35. The molecule has 0 radical (unpaired) electrons. The number of aryl methyl sites for hydroxylation is 1. The van der Waals surface area contributed by atoms with E-state index in [1.807, 2.05) is 13.0 Å². The van der Waals surface area contributed by atoms with E-state index in [2.05, 4.69) is 26.6 Å². The van der Waals surface area contributed by atoms with Crippen LogP contribution in [0.5, 0.6) is 0 Å². The van der Waals surface area contributed by atoms with Gasteiger partial charge in [-0.15, -0.1) is 11.3 Å². The van der Waals surface area contributed by atoms with Gasteiger partial charge in [-0.3, -0.25) is 34.3 Å². The molecule has 0 aliphatic carbocycles. The van der Waals surface area contributed by atoms with Gasteiger partial charge < -0.3 is 0 Å². The molecule has 1 unspecified atom stereocenters. The van der Waals surface area contributed by atoms with Gasteiger partial charge in [-0.1, -0.05) is 6.07 Å². The largest absolute Gasteiger partial charge is 0.299 e. The lowest BCUT2D eigenvalue weighted by molar-refractivity contribution is -0.136. The maximum absolute atomic E-state index is 13.1. The lowest BCUT2D eigenvalue weighted by Gasteiger charge is -2.32. The van der Waals surface area contributed by atoms with Crippen molar-refractivity contribution >= 4 is 45.2 Å². The molecule has 2 aromatic heterocycles. The molecule has 5 heterocycles. The van der Waals surface area contributed by atoms with Gasteiger partial charge in [0.2, 0.25) is 11.8 Å². The average Bonchev–Trinajstić information content (AvgIpc) is 3.42. The van der Waals surface area contributed by atoms with E-state index in [0.717, 1.165) is 58.1 Å². The Balaban J connectivity index is 1.14. The summed E-state index contributed by atoms with van der Waals surface area (Å²) in [6.45, 7) is 4.44. The predicted octanol–water partition coefficient (Wildman–Crippen LogP) is 2.78. The number of aromatic nitrogens is 2. The summed E-state index contributed by atoms with van der Waals surface area (Å²) < 4.78 is 0. The highest BCUT2D eigenvalue weighted by atomic mass is 32.1. The number of benzene rings is 1. The number of hydrogen-bond acceptors (Lipinski definition) is 8. The molecule has 36 heavy (non-hydrogen) atoms. The summed E-state index contributed by atoms with van der Waals surface area (Å²) in [5.41, 5.74) is 2.74. The SMILES string of the molecule is Cc1nc(C2CCN(Cc3ccc4c(c3)C(=O)N(C3CCC(=O)NC3=O)C4=O)CC2)c2ccsc2n1. The number of carbonyl (C=O) groups is 4. The molecule has 3 aliphatic rings. The first-order chi connectivity index (χ1) is 17.4. The molecule has 0 saturated carbocycles. The Kier molecular flexibility index (Phi) is 5.65. The minimum absolute atomic E-state index is 0.109. The van der Waals surface area contributed by atoms with E-state index in [0.29, 0.717) is 23.6 Å². The number of nitrogens with zero attached hydrogens (tertiary/aromatic N) is 4. The lowest BCUT2D eigenvalue weighted by atomic mass is 9.91. The van der Waals surface area contributed by atoms with Crippen molar-refractivity contribution in [2.24, 2.45) is 0 Å². The smallest absolute Gasteiger partial charge is 0.262 e. The number of piperidine rings is 2. The Bertz CT molecular complexity index is 1420. The van der Waals surface area contributed by atoms with E-state index in [1.54, 1.807) is 23.5 Å². The van der Waals surface area contributed by atoms with Gasteiger partial charge in [0.25, 0.3) is 11.8 Å². The highest BCUT2D eigenvalue weighted by Crippen LogP contribution is 2.34. The van der Waals surface area contributed by atoms with Gasteiger partial charge in [0.05, 0.1) is 16.8 Å². The zero-order valence-electron chi connectivity index (χ0n) is 19.8. The van der Waals surface area contributed by atoms with Gasteiger partial charge in [-0.2, -0.15) is 0 Å². The van der Waals surface area contributed by atoms with Crippen LogP contribution in [0.4, 0.5) is 0 Å². The average molecular weight is 504 g/mol. The van der Waals surface area contributed by atoms with Gasteiger partial charge in [-0.05, 0) is 68.4 Å². The van der Waals surface area contributed by atoms with Crippen molar-refractivity contribution in [2.45, 2.75) is 51.1 Å². The van der Waals surface area contributed by atoms with E-state index in [4.69, 9.17) is 4.98 Å². The van der Waals surface area contributed by atoms with Gasteiger partial charge in [0, 0.05) is 24.3 Å². The summed E-state index contributed by atoms with van der Waals surface area (Å²) in [7, 11) is 0. The van der Waals surface area contributed by atoms with E-state index >= 15 is 0 Å². The molecule has 4 amide bonds. The van der Waals surface area contributed by atoms with E-state index < -0.39 is 23.8 Å². The van der Waals surface area contributed by atoms with Crippen molar-refractivity contribution in [3.8, 4) is 0 Å².